The summed E-state index contributed by atoms with van der Waals surface area (Å²) in [5.41, 5.74) is 4.35. The maximum atomic E-state index is 6.39. The van der Waals surface area contributed by atoms with Crippen LogP contribution >= 0.6 is 11.8 Å². The molecule has 7 heteroatoms. The Bertz CT molecular complexity index is 1270. The second-order valence-electron chi connectivity index (χ2n) is 7.35. The van der Waals surface area contributed by atoms with Gasteiger partial charge in [-0.05, 0) is 23.8 Å². The minimum atomic E-state index is -0.520. The molecule has 6 nitrogen and oxygen atoms in total. The van der Waals surface area contributed by atoms with E-state index in [0.29, 0.717) is 29.1 Å². The summed E-state index contributed by atoms with van der Waals surface area (Å²) in [7, 11) is 0. The van der Waals surface area contributed by atoms with Gasteiger partial charge in [0, 0.05) is 17.0 Å². The Labute approximate surface area is 196 Å². The first kappa shape index (κ1) is 21.0. The van der Waals surface area contributed by atoms with Crippen LogP contribution in [0.25, 0.3) is 11.3 Å². The summed E-state index contributed by atoms with van der Waals surface area (Å²) < 4.78 is 12.6. The number of hydrogen-bond donors (Lipinski definition) is 1. The number of nitrogens with zero attached hydrogens (tertiary/aromatic N) is 3. The smallest absolute Gasteiger partial charge is 0.247 e. The summed E-state index contributed by atoms with van der Waals surface area (Å²) in [5.74, 6) is 1.86. The molecule has 0 saturated heterocycles. The fourth-order valence-corrected chi connectivity index (χ4v) is 4.06. The molecular weight excluding hydrogens is 432 g/mol. The Morgan fingerprint density at radius 3 is 2.64 bits per heavy atom. The molecule has 4 aromatic rings. The van der Waals surface area contributed by atoms with E-state index in [2.05, 4.69) is 27.1 Å². The van der Waals surface area contributed by atoms with E-state index in [1.165, 1.54) is 11.8 Å². The lowest BCUT2D eigenvalue weighted by Gasteiger charge is -2.22. The van der Waals surface area contributed by atoms with Gasteiger partial charge in [0.05, 0.1) is 5.56 Å². The van der Waals surface area contributed by atoms with E-state index in [9.17, 15) is 0 Å². The minimum Gasteiger partial charge on any atom is -0.488 e. The molecule has 0 amide bonds. The Hall–Kier alpha value is -3.84. The highest BCUT2D eigenvalue weighted by atomic mass is 32.2. The number of para-hydroxylation sites is 2. The highest BCUT2D eigenvalue weighted by Gasteiger charge is 2.27. The average Bonchev–Trinajstić information content (AvgIpc) is 3.03. The minimum absolute atomic E-state index is 0.428. The summed E-state index contributed by atoms with van der Waals surface area (Å²) in [5, 5.41) is 12.7. The van der Waals surface area contributed by atoms with Gasteiger partial charge in [-0.2, -0.15) is 4.98 Å². The number of benzene rings is 3. The lowest BCUT2D eigenvalue weighted by Crippen LogP contribution is -2.18. The highest BCUT2D eigenvalue weighted by molar-refractivity contribution is 7.99. The van der Waals surface area contributed by atoms with Crippen LogP contribution < -0.4 is 14.8 Å². The van der Waals surface area contributed by atoms with Crippen molar-refractivity contribution in [1.82, 2.24) is 15.2 Å². The molecule has 1 aliphatic heterocycles. The van der Waals surface area contributed by atoms with Crippen LogP contribution in [0.15, 0.2) is 96.7 Å². The quantitative estimate of drug-likeness (QED) is 0.275. The summed E-state index contributed by atoms with van der Waals surface area (Å²) in [6.07, 6.45) is 1.29. The molecule has 2 heterocycles. The van der Waals surface area contributed by atoms with Gasteiger partial charge in [-0.1, -0.05) is 78.5 Å². The monoisotopic (exact) mass is 454 g/mol. The number of hydrogen-bond acceptors (Lipinski definition) is 7. The van der Waals surface area contributed by atoms with Crippen LogP contribution in [0.1, 0.15) is 17.4 Å². The van der Waals surface area contributed by atoms with E-state index in [1.54, 1.807) is 6.08 Å². The van der Waals surface area contributed by atoms with Crippen molar-refractivity contribution in [3.8, 4) is 22.9 Å². The molecule has 0 fully saturated rings. The fraction of sp³-hybridized carbons (Fsp3) is 0.115. The van der Waals surface area contributed by atoms with Crippen LogP contribution in [0.2, 0.25) is 0 Å². The highest BCUT2D eigenvalue weighted by Crippen LogP contribution is 2.41. The summed E-state index contributed by atoms with van der Waals surface area (Å²) in [6, 6.07) is 25.9. The predicted octanol–water partition coefficient (Wildman–Crippen LogP) is 5.90. The molecule has 0 radical (unpaired) electrons. The zero-order chi connectivity index (χ0) is 22.5. The normalized spacial score (nSPS) is 14.1. The molecule has 0 aliphatic carbocycles. The van der Waals surface area contributed by atoms with E-state index in [4.69, 9.17) is 9.47 Å². The molecule has 5 rings (SSSR count). The molecule has 0 bridgehead atoms. The number of aromatic nitrogens is 3. The molecule has 0 unspecified atom stereocenters. The van der Waals surface area contributed by atoms with Gasteiger partial charge in [-0.3, -0.25) is 0 Å². The number of ether oxygens (including phenoxy) is 2. The predicted molar refractivity (Wildman–Crippen MR) is 130 cm³/mol. The van der Waals surface area contributed by atoms with Crippen LogP contribution in [0.4, 0.5) is 5.69 Å². The van der Waals surface area contributed by atoms with E-state index >= 15 is 0 Å². The molecule has 0 saturated carbocycles. The van der Waals surface area contributed by atoms with Gasteiger partial charge in [0.2, 0.25) is 17.3 Å². The Kier molecular flexibility index (Phi) is 6.21. The van der Waals surface area contributed by atoms with Crippen molar-refractivity contribution >= 4 is 17.4 Å². The third-order valence-electron chi connectivity index (χ3n) is 5.10. The van der Waals surface area contributed by atoms with E-state index in [0.717, 1.165) is 28.1 Å². The molecule has 1 N–H and O–H groups in total. The van der Waals surface area contributed by atoms with Crippen LogP contribution in [-0.2, 0) is 6.61 Å². The second-order valence-corrected chi connectivity index (χ2v) is 8.33. The van der Waals surface area contributed by atoms with Gasteiger partial charge >= 0.3 is 0 Å². The Morgan fingerprint density at radius 1 is 0.970 bits per heavy atom. The van der Waals surface area contributed by atoms with E-state index < -0.39 is 6.23 Å². The third kappa shape index (κ3) is 4.68. The van der Waals surface area contributed by atoms with Crippen molar-refractivity contribution in [2.24, 2.45) is 0 Å². The van der Waals surface area contributed by atoms with E-state index in [-0.39, 0.29) is 0 Å². The molecule has 0 spiro atoms. The standard InChI is InChI=1S/C26H22N4O2S/c1-2-16-33-26-28-25-23(29-30-26)19-12-6-8-14-21(19)27-24(32-25)20-13-7-9-15-22(20)31-17-18-10-4-3-5-11-18/h2-15,24,27H,1,16-17H2/t24-/m0/s1. The zero-order valence-electron chi connectivity index (χ0n) is 17.8. The average molecular weight is 455 g/mol. The summed E-state index contributed by atoms with van der Waals surface area (Å²) in [6.45, 7) is 4.22. The summed E-state index contributed by atoms with van der Waals surface area (Å²) in [4.78, 5) is 4.65. The number of nitrogens with one attached hydrogen (secondary N) is 1. The first-order valence-electron chi connectivity index (χ1n) is 10.6. The second kappa shape index (κ2) is 9.75. The van der Waals surface area contributed by atoms with Crippen molar-refractivity contribution in [2.45, 2.75) is 18.0 Å². The van der Waals surface area contributed by atoms with Gasteiger partial charge < -0.3 is 14.8 Å². The van der Waals surface area contributed by atoms with Crippen LogP contribution in [0.5, 0.6) is 11.6 Å². The van der Waals surface area contributed by atoms with Gasteiger partial charge in [0.1, 0.15) is 12.4 Å². The molecular formula is C26H22N4O2S. The first-order valence-corrected chi connectivity index (χ1v) is 11.6. The number of rotatable bonds is 7. The van der Waals surface area contributed by atoms with Crippen LogP contribution in [-0.4, -0.2) is 20.9 Å². The van der Waals surface area contributed by atoms with Gasteiger partial charge in [-0.15, -0.1) is 16.8 Å². The van der Waals surface area contributed by atoms with Crippen molar-refractivity contribution in [3.63, 3.8) is 0 Å². The van der Waals surface area contributed by atoms with Crippen molar-refractivity contribution in [3.05, 3.63) is 103 Å². The fourth-order valence-electron chi connectivity index (χ4n) is 3.55. The topological polar surface area (TPSA) is 69.2 Å². The number of thioether (sulfide) groups is 1. The molecule has 1 aliphatic rings. The van der Waals surface area contributed by atoms with Gasteiger partial charge in [-0.25, -0.2) is 0 Å². The molecule has 1 atom stereocenters. The van der Waals surface area contributed by atoms with Crippen molar-refractivity contribution < 1.29 is 9.47 Å². The number of fused-ring (bicyclic) bond motifs is 3. The maximum absolute atomic E-state index is 6.39. The lowest BCUT2D eigenvalue weighted by atomic mass is 10.1. The largest absolute Gasteiger partial charge is 0.488 e. The maximum Gasteiger partial charge on any atom is 0.247 e. The van der Waals surface area contributed by atoms with E-state index in [1.807, 2.05) is 78.9 Å². The number of anilines is 1. The SMILES string of the molecule is C=CCSc1nnc2c(n1)O[C@@H](c1ccccc1OCc1ccccc1)Nc1ccccc1-2. The van der Waals surface area contributed by atoms with Crippen LogP contribution in [0.3, 0.4) is 0 Å². The Morgan fingerprint density at radius 2 is 1.76 bits per heavy atom. The van der Waals surface area contributed by atoms with Gasteiger partial charge in [0.15, 0.2) is 5.69 Å². The van der Waals surface area contributed by atoms with Gasteiger partial charge in [0.25, 0.3) is 0 Å². The van der Waals surface area contributed by atoms with Crippen LogP contribution in [0, 0.1) is 0 Å². The van der Waals surface area contributed by atoms with Crippen molar-refractivity contribution in [2.75, 3.05) is 11.1 Å². The first-order chi connectivity index (χ1) is 16.3. The molecule has 164 valence electrons. The zero-order valence-corrected chi connectivity index (χ0v) is 18.7. The molecule has 1 aromatic heterocycles. The summed E-state index contributed by atoms with van der Waals surface area (Å²) >= 11 is 1.46. The Balaban J connectivity index is 1.50. The molecule has 3 aromatic carbocycles. The van der Waals surface area contributed by atoms with Crippen molar-refractivity contribution in [1.29, 1.82) is 0 Å². The third-order valence-corrected chi connectivity index (χ3v) is 5.94. The lowest BCUT2D eigenvalue weighted by molar-refractivity contribution is 0.214. The molecule has 33 heavy (non-hydrogen) atoms.